The summed E-state index contributed by atoms with van der Waals surface area (Å²) in [5.41, 5.74) is 0.672. The van der Waals surface area contributed by atoms with Gasteiger partial charge in [0.15, 0.2) is 0 Å². The molecule has 2 aromatic carbocycles. The van der Waals surface area contributed by atoms with E-state index in [4.69, 9.17) is 32.4 Å². The summed E-state index contributed by atoms with van der Waals surface area (Å²) in [5.74, 6) is -0.332. The van der Waals surface area contributed by atoms with Crippen molar-refractivity contribution in [2.75, 3.05) is 6.61 Å². The first-order chi connectivity index (χ1) is 11.9. The Balaban J connectivity index is 1.95. The van der Waals surface area contributed by atoms with Crippen LogP contribution in [0, 0.1) is 6.92 Å². The van der Waals surface area contributed by atoms with Gasteiger partial charge < -0.3 is 9.15 Å². The van der Waals surface area contributed by atoms with Gasteiger partial charge in [-0.25, -0.2) is 9.59 Å². The molecule has 25 heavy (non-hydrogen) atoms. The minimum absolute atomic E-state index is 0.142. The van der Waals surface area contributed by atoms with Gasteiger partial charge in [-0.15, -0.1) is 0 Å². The Morgan fingerprint density at radius 3 is 2.76 bits per heavy atom. The van der Waals surface area contributed by atoms with E-state index < -0.39 is 11.4 Å². The molecule has 5 nitrogen and oxygen atoms in total. The van der Waals surface area contributed by atoms with Crippen LogP contribution in [0.15, 0.2) is 48.8 Å². The highest BCUT2D eigenvalue weighted by molar-refractivity contribution is 9.10. The third-order valence-corrected chi connectivity index (χ3v) is 4.99. The van der Waals surface area contributed by atoms with Gasteiger partial charge in [-0.3, -0.25) is 4.57 Å². The van der Waals surface area contributed by atoms with Crippen molar-refractivity contribution in [1.82, 2.24) is 4.57 Å². The highest BCUT2D eigenvalue weighted by Gasteiger charge is 2.14. The number of benzene rings is 2. The van der Waals surface area contributed by atoms with E-state index in [0.29, 0.717) is 31.2 Å². The minimum atomic E-state index is -0.747. The highest BCUT2D eigenvalue weighted by Crippen LogP contribution is 2.31. The van der Waals surface area contributed by atoms with Crippen molar-refractivity contribution in [3.8, 4) is 5.75 Å². The molecule has 130 valence electrons. The second kappa shape index (κ2) is 7.23. The number of fused-ring (bicyclic) bond motifs is 1. The predicted molar refractivity (Wildman–Crippen MR) is 101 cm³/mol. The van der Waals surface area contributed by atoms with Crippen LogP contribution >= 0.6 is 39.1 Å². The van der Waals surface area contributed by atoms with Crippen molar-refractivity contribution < 1.29 is 9.15 Å². The van der Waals surface area contributed by atoms with Crippen molar-refractivity contribution in [2.45, 2.75) is 13.5 Å². The molecule has 0 amide bonds. The SMILES string of the molecule is Cc1cc(Br)c2c(c1)c(=O)oc(=O)n2CCOc1cccc(Cl)c1Cl. The van der Waals surface area contributed by atoms with Gasteiger partial charge in [0.2, 0.25) is 0 Å². The molecule has 0 aliphatic heterocycles. The van der Waals surface area contributed by atoms with E-state index in [9.17, 15) is 9.59 Å². The second-order valence-electron chi connectivity index (χ2n) is 5.35. The van der Waals surface area contributed by atoms with Gasteiger partial charge in [0, 0.05) is 4.47 Å². The van der Waals surface area contributed by atoms with Crippen LogP contribution in [-0.2, 0) is 6.54 Å². The standard InChI is InChI=1S/C17H12BrCl2NO4/c1-9-7-10-15(11(18)8-9)21(17(23)25-16(10)22)5-6-24-13-4-2-3-12(19)14(13)20/h2-4,7-8H,5-6H2,1H3. The molecule has 8 heteroatoms. The smallest absolute Gasteiger partial charge is 0.422 e. The van der Waals surface area contributed by atoms with E-state index in [1.807, 2.05) is 13.0 Å². The molecule has 0 N–H and O–H groups in total. The predicted octanol–water partition coefficient (Wildman–Crippen LogP) is 4.41. The number of nitrogens with zero attached hydrogens (tertiary/aromatic N) is 1. The molecule has 0 bridgehead atoms. The largest absolute Gasteiger partial charge is 0.490 e. The minimum Gasteiger partial charge on any atom is -0.490 e. The summed E-state index contributed by atoms with van der Waals surface area (Å²) in [6.07, 6.45) is 0. The first kappa shape index (κ1) is 18.0. The number of aromatic nitrogens is 1. The Morgan fingerprint density at radius 1 is 1.24 bits per heavy atom. The first-order valence-electron chi connectivity index (χ1n) is 7.29. The molecule has 0 saturated carbocycles. The topological polar surface area (TPSA) is 61.4 Å². The molecule has 0 aliphatic rings. The number of hydrogen-bond donors (Lipinski definition) is 0. The van der Waals surface area contributed by atoms with E-state index in [1.54, 1.807) is 24.3 Å². The van der Waals surface area contributed by atoms with Crippen LogP contribution < -0.4 is 16.1 Å². The molecule has 3 aromatic rings. The number of ether oxygens (including phenoxy) is 1. The average Bonchev–Trinajstić information content (AvgIpc) is 2.54. The maximum atomic E-state index is 12.1. The van der Waals surface area contributed by atoms with Crippen molar-refractivity contribution >= 4 is 50.0 Å². The molecule has 3 rings (SSSR count). The normalized spacial score (nSPS) is 11.0. The lowest BCUT2D eigenvalue weighted by atomic mass is 10.2. The molecule has 0 atom stereocenters. The fourth-order valence-electron chi connectivity index (χ4n) is 2.49. The summed E-state index contributed by atoms with van der Waals surface area (Å²) >= 11 is 15.4. The van der Waals surface area contributed by atoms with E-state index in [2.05, 4.69) is 15.9 Å². The lowest BCUT2D eigenvalue weighted by Crippen LogP contribution is -2.27. The maximum Gasteiger partial charge on any atom is 0.422 e. The average molecular weight is 445 g/mol. The zero-order chi connectivity index (χ0) is 18.1. The van der Waals surface area contributed by atoms with Gasteiger partial charge >= 0.3 is 11.4 Å². The molecule has 0 spiro atoms. The number of rotatable bonds is 4. The molecular formula is C17H12BrCl2NO4. The Labute approximate surface area is 160 Å². The van der Waals surface area contributed by atoms with Crippen LogP contribution in [0.2, 0.25) is 10.0 Å². The van der Waals surface area contributed by atoms with Crippen LogP contribution in [-0.4, -0.2) is 11.2 Å². The van der Waals surface area contributed by atoms with Crippen LogP contribution in [0.5, 0.6) is 5.75 Å². The zero-order valence-corrected chi connectivity index (χ0v) is 16.1. The summed E-state index contributed by atoms with van der Waals surface area (Å²) < 4.78 is 12.4. The molecule has 0 aliphatic carbocycles. The Bertz CT molecular complexity index is 1070. The van der Waals surface area contributed by atoms with E-state index in [-0.39, 0.29) is 13.2 Å². The second-order valence-corrected chi connectivity index (χ2v) is 6.99. The monoisotopic (exact) mass is 443 g/mol. The fraction of sp³-hybridized carbons (Fsp3) is 0.176. The van der Waals surface area contributed by atoms with Gasteiger partial charge in [0.1, 0.15) is 17.4 Å². The highest BCUT2D eigenvalue weighted by atomic mass is 79.9. The molecule has 1 aromatic heterocycles. The zero-order valence-electron chi connectivity index (χ0n) is 13.0. The van der Waals surface area contributed by atoms with Crippen LogP contribution in [0.25, 0.3) is 10.9 Å². The molecule has 0 unspecified atom stereocenters. The van der Waals surface area contributed by atoms with Gasteiger partial charge in [-0.05, 0) is 52.7 Å². The Morgan fingerprint density at radius 2 is 2.00 bits per heavy atom. The summed E-state index contributed by atoms with van der Waals surface area (Å²) in [6, 6.07) is 8.55. The van der Waals surface area contributed by atoms with Crippen molar-refractivity contribution in [2.24, 2.45) is 0 Å². The Kier molecular flexibility index (Phi) is 5.22. The van der Waals surface area contributed by atoms with Gasteiger partial charge in [0.25, 0.3) is 0 Å². The molecule has 0 fully saturated rings. The van der Waals surface area contributed by atoms with Crippen molar-refractivity contribution in [3.63, 3.8) is 0 Å². The third kappa shape index (κ3) is 3.61. The summed E-state index contributed by atoms with van der Waals surface area (Å²) in [6.45, 7) is 2.16. The van der Waals surface area contributed by atoms with Crippen molar-refractivity contribution in [3.05, 3.63) is 71.4 Å². The van der Waals surface area contributed by atoms with Gasteiger partial charge in [-0.2, -0.15) is 0 Å². The molecule has 1 heterocycles. The fourth-order valence-corrected chi connectivity index (χ4v) is 3.63. The first-order valence-corrected chi connectivity index (χ1v) is 8.84. The number of aryl methyl sites for hydroxylation is 1. The van der Waals surface area contributed by atoms with E-state index in [0.717, 1.165) is 5.56 Å². The Hall–Kier alpha value is -1.76. The number of halogens is 3. The van der Waals surface area contributed by atoms with Crippen LogP contribution in [0.4, 0.5) is 0 Å². The van der Waals surface area contributed by atoms with Gasteiger partial charge in [-0.1, -0.05) is 29.3 Å². The molecular weight excluding hydrogens is 433 g/mol. The van der Waals surface area contributed by atoms with E-state index >= 15 is 0 Å². The van der Waals surface area contributed by atoms with Crippen LogP contribution in [0.3, 0.4) is 0 Å². The van der Waals surface area contributed by atoms with Gasteiger partial charge in [0.05, 0.1) is 22.5 Å². The molecule has 0 radical (unpaired) electrons. The lowest BCUT2D eigenvalue weighted by Gasteiger charge is -2.12. The maximum absolute atomic E-state index is 12.1. The quantitative estimate of drug-likeness (QED) is 0.597. The summed E-state index contributed by atoms with van der Waals surface area (Å²) in [7, 11) is 0. The molecule has 0 saturated heterocycles. The van der Waals surface area contributed by atoms with Crippen LogP contribution in [0.1, 0.15) is 5.56 Å². The lowest BCUT2D eigenvalue weighted by molar-refractivity contribution is 0.287. The summed E-state index contributed by atoms with van der Waals surface area (Å²) in [5, 5.41) is 1.01. The van der Waals surface area contributed by atoms with Crippen molar-refractivity contribution in [1.29, 1.82) is 0 Å². The number of hydrogen-bond acceptors (Lipinski definition) is 4. The van der Waals surface area contributed by atoms with E-state index in [1.165, 1.54) is 4.57 Å². The summed E-state index contributed by atoms with van der Waals surface area (Å²) in [4.78, 5) is 24.1. The third-order valence-electron chi connectivity index (χ3n) is 3.59.